The molecule has 1 aromatic heterocycles. The Balaban J connectivity index is 2.06. The van der Waals surface area contributed by atoms with Crippen LogP contribution >= 0.6 is 11.6 Å². The SMILES string of the molecule is C/S(=N\C#N)C1CCC(c2ccc(Cl)nc2)C1. The third kappa shape index (κ3) is 3.05. The van der Waals surface area contributed by atoms with Crippen LogP contribution in [0.1, 0.15) is 30.7 Å². The van der Waals surface area contributed by atoms with Crippen molar-refractivity contribution in [1.82, 2.24) is 4.98 Å². The molecule has 1 saturated carbocycles. The minimum absolute atomic E-state index is 0.127. The van der Waals surface area contributed by atoms with Gasteiger partial charge in [0, 0.05) is 11.4 Å². The molecule has 0 aromatic carbocycles. The molecule has 90 valence electrons. The molecule has 1 aromatic rings. The molecule has 0 saturated heterocycles. The van der Waals surface area contributed by atoms with Crippen LogP contribution < -0.4 is 0 Å². The van der Waals surface area contributed by atoms with Crippen LogP contribution in [0.5, 0.6) is 0 Å². The highest BCUT2D eigenvalue weighted by molar-refractivity contribution is 7.87. The molecule has 0 spiro atoms. The lowest BCUT2D eigenvalue weighted by molar-refractivity contribution is 0.720. The molecule has 0 radical (unpaired) electrons. The monoisotopic (exact) mass is 267 g/mol. The number of halogens is 1. The van der Waals surface area contributed by atoms with Crippen molar-refractivity contribution in [3.63, 3.8) is 0 Å². The van der Waals surface area contributed by atoms with E-state index in [1.807, 2.05) is 18.5 Å². The highest BCUT2D eigenvalue weighted by atomic mass is 35.5. The van der Waals surface area contributed by atoms with Crippen LogP contribution in [0.2, 0.25) is 5.15 Å². The van der Waals surface area contributed by atoms with Gasteiger partial charge >= 0.3 is 0 Å². The number of hydrogen-bond donors (Lipinski definition) is 0. The molecule has 3 atom stereocenters. The van der Waals surface area contributed by atoms with Gasteiger partial charge in [0.05, 0.1) is 0 Å². The first-order valence-electron chi connectivity index (χ1n) is 5.57. The lowest BCUT2D eigenvalue weighted by atomic mass is 10.00. The average molecular weight is 268 g/mol. The Morgan fingerprint density at radius 3 is 3.00 bits per heavy atom. The van der Waals surface area contributed by atoms with Gasteiger partial charge in [0.2, 0.25) is 6.19 Å². The van der Waals surface area contributed by atoms with Gasteiger partial charge in [0.1, 0.15) is 5.15 Å². The Labute approximate surface area is 109 Å². The van der Waals surface area contributed by atoms with Crippen LogP contribution in [0, 0.1) is 11.5 Å². The van der Waals surface area contributed by atoms with Crippen LogP contribution in [-0.2, 0) is 10.7 Å². The molecule has 1 aliphatic rings. The van der Waals surface area contributed by atoms with Crippen LogP contribution in [0.4, 0.5) is 0 Å². The molecule has 2 rings (SSSR count). The number of nitrogens with zero attached hydrogens (tertiary/aromatic N) is 3. The number of aromatic nitrogens is 1. The van der Waals surface area contributed by atoms with Gasteiger partial charge in [0.25, 0.3) is 0 Å². The lowest BCUT2D eigenvalue weighted by Crippen LogP contribution is -2.08. The molecule has 0 aliphatic heterocycles. The summed E-state index contributed by atoms with van der Waals surface area (Å²) in [5.41, 5.74) is 1.26. The van der Waals surface area contributed by atoms with E-state index < -0.39 is 0 Å². The van der Waals surface area contributed by atoms with Crippen molar-refractivity contribution in [1.29, 1.82) is 5.26 Å². The van der Waals surface area contributed by atoms with Crippen LogP contribution in [0.25, 0.3) is 0 Å². The van der Waals surface area contributed by atoms with Crippen molar-refractivity contribution in [2.45, 2.75) is 30.4 Å². The first kappa shape index (κ1) is 12.5. The Morgan fingerprint density at radius 2 is 2.35 bits per heavy atom. The Kier molecular flexibility index (Phi) is 4.14. The number of hydrogen-bond acceptors (Lipinski definition) is 3. The van der Waals surface area contributed by atoms with Crippen molar-refractivity contribution in [2.24, 2.45) is 4.36 Å². The molecule has 3 unspecified atom stereocenters. The molecule has 1 fully saturated rings. The molecule has 1 aliphatic carbocycles. The van der Waals surface area contributed by atoms with Gasteiger partial charge in [-0.25, -0.2) is 4.98 Å². The van der Waals surface area contributed by atoms with Gasteiger partial charge in [0.15, 0.2) is 0 Å². The highest BCUT2D eigenvalue weighted by Gasteiger charge is 2.27. The van der Waals surface area contributed by atoms with E-state index in [9.17, 15) is 0 Å². The topological polar surface area (TPSA) is 49.0 Å². The lowest BCUT2D eigenvalue weighted by Gasteiger charge is -2.11. The van der Waals surface area contributed by atoms with Crippen molar-refractivity contribution in [3.8, 4) is 6.19 Å². The minimum atomic E-state index is -0.127. The van der Waals surface area contributed by atoms with E-state index >= 15 is 0 Å². The van der Waals surface area contributed by atoms with E-state index in [2.05, 4.69) is 21.7 Å². The largest absolute Gasteiger partial charge is 0.244 e. The highest BCUT2D eigenvalue weighted by Crippen LogP contribution is 2.36. The second kappa shape index (κ2) is 5.61. The van der Waals surface area contributed by atoms with E-state index in [-0.39, 0.29) is 10.7 Å². The summed E-state index contributed by atoms with van der Waals surface area (Å²) in [7, 11) is -0.127. The fourth-order valence-electron chi connectivity index (χ4n) is 2.32. The molecule has 0 bridgehead atoms. The molecule has 1 heterocycles. The number of pyridine rings is 1. The van der Waals surface area contributed by atoms with E-state index in [1.54, 1.807) is 0 Å². The Bertz CT molecular complexity index is 464. The summed E-state index contributed by atoms with van der Waals surface area (Å²) in [6, 6.07) is 3.90. The zero-order valence-electron chi connectivity index (χ0n) is 9.64. The van der Waals surface area contributed by atoms with Gasteiger partial charge < -0.3 is 0 Å². The van der Waals surface area contributed by atoms with E-state index in [0.29, 0.717) is 16.3 Å². The number of rotatable bonds is 2. The summed E-state index contributed by atoms with van der Waals surface area (Å²) in [6.45, 7) is 0. The first-order chi connectivity index (χ1) is 8.20. The zero-order valence-corrected chi connectivity index (χ0v) is 11.2. The summed E-state index contributed by atoms with van der Waals surface area (Å²) in [5, 5.41) is 9.67. The summed E-state index contributed by atoms with van der Waals surface area (Å²) in [4.78, 5) is 4.12. The molecular formula is C12H14ClN3S. The standard InChI is InChI=1S/C12H14ClN3S/c1-17(16-8-14)11-4-2-9(6-11)10-3-5-12(13)15-7-10/h3,5,7,9,11H,2,4,6H2,1H3. The van der Waals surface area contributed by atoms with Gasteiger partial charge in [-0.1, -0.05) is 28.4 Å². The second-order valence-electron chi connectivity index (χ2n) is 4.26. The predicted octanol–water partition coefficient (Wildman–Crippen LogP) is 3.28. The first-order valence-corrected chi connectivity index (χ1v) is 7.60. The average Bonchev–Trinajstić information content (AvgIpc) is 2.80. The van der Waals surface area contributed by atoms with Crippen LogP contribution in [0.3, 0.4) is 0 Å². The second-order valence-corrected chi connectivity index (χ2v) is 6.55. The molecule has 17 heavy (non-hydrogen) atoms. The van der Waals surface area contributed by atoms with Gasteiger partial charge in [-0.3, -0.25) is 0 Å². The molecule has 0 N–H and O–H groups in total. The Hall–Kier alpha value is -0.920. The zero-order chi connectivity index (χ0) is 12.3. The minimum Gasteiger partial charge on any atom is -0.244 e. The van der Waals surface area contributed by atoms with Crippen molar-refractivity contribution in [2.75, 3.05) is 6.26 Å². The quantitative estimate of drug-likeness (QED) is 0.610. The third-order valence-corrected chi connectivity index (χ3v) is 5.26. The predicted molar refractivity (Wildman–Crippen MR) is 71.0 cm³/mol. The van der Waals surface area contributed by atoms with Gasteiger partial charge in [-0.05, 0) is 43.1 Å². The summed E-state index contributed by atoms with van der Waals surface area (Å²) >= 11 is 5.78. The van der Waals surface area contributed by atoms with E-state index in [1.165, 1.54) is 5.56 Å². The summed E-state index contributed by atoms with van der Waals surface area (Å²) in [6.07, 6.45) is 9.25. The third-order valence-electron chi connectivity index (χ3n) is 3.27. The Morgan fingerprint density at radius 1 is 1.53 bits per heavy atom. The van der Waals surface area contributed by atoms with E-state index in [4.69, 9.17) is 16.9 Å². The van der Waals surface area contributed by atoms with Gasteiger partial charge in [-0.2, -0.15) is 9.62 Å². The van der Waals surface area contributed by atoms with Crippen LogP contribution in [-0.4, -0.2) is 16.5 Å². The van der Waals surface area contributed by atoms with Crippen molar-refractivity contribution in [3.05, 3.63) is 29.0 Å². The summed E-state index contributed by atoms with van der Waals surface area (Å²) < 4.78 is 3.95. The number of nitriles is 1. The maximum absolute atomic E-state index is 8.58. The molecule has 3 nitrogen and oxygen atoms in total. The molecule has 5 heteroatoms. The normalized spacial score (nSPS) is 25.7. The van der Waals surface area contributed by atoms with Crippen molar-refractivity contribution >= 4 is 22.3 Å². The van der Waals surface area contributed by atoms with Crippen molar-refractivity contribution < 1.29 is 0 Å². The fourth-order valence-corrected chi connectivity index (χ4v) is 3.70. The van der Waals surface area contributed by atoms with E-state index in [0.717, 1.165) is 19.3 Å². The summed E-state index contributed by atoms with van der Waals surface area (Å²) in [5.74, 6) is 0.550. The maximum Gasteiger partial charge on any atom is 0.212 e. The molecule has 0 amide bonds. The molecular weight excluding hydrogens is 254 g/mol. The smallest absolute Gasteiger partial charge is 0.212 e. The van der Waals surface area contributed by atoms with Gasteiger partial charge in [-0.15, -0.1) is 0 Å². The fraction of sp³-hybridized carbons (Fsp3) is 0.500. The van der Waals surface area contributed by atoms with Crippen LogP contribution in [0.15, 0.2) is 22.7 Å². The maximum atomic E-state index is 8.58.